The number of nitrogens with zero attached hydrogens (tertiary/aromatic N) is 1. The Balaban J connectivity index is 1.75. The highest BCUT2D eigenvalue weighted by molar-refractivity contribution is 7.96. The summed E-state index contributed by atoms with van der Waals surface area (Å²) in [4.78, 5) is 39.9. The van der Waals surface area contributed by atoms with Gasteiger partial charge in [-0.1, -0.05) is 63.2 Å². The lowest BCUT2D eigenvalue weighted by Crippen LogP contribution is -2.55. The molecule has 30 heavy (non-hydrogen) atoms. The van der Waals surface area contributed by atoms with E-state index in [1.807, 2.05) is 19.1 Å². The lowest BCUT2D eigenvalue weighted by atomic mass is 9.83. The molecule has 1 atom stereocenters. The van der Waals surface area contributed by atoms with Gasteiger partial charge in [-0.3, -0.25) is 14.4 Å². The molecule has 1 heterocycles. The second-order valence-electron chi connectivity index (χ2n) is 9.00. The fourth-order valence-electron chi connectivity index (χ4n) is 4.32. The molecule has 0 radical (unpaired) electrons. The van der Waals surface area contributed by atoms with Crippen molar-refractivity contribution in [3.63, 3.8) is 0 Å². The predicted molar refractivity (Wildman–Crippen MR) is 124 cm³/mol. The number of hydrogen-bond donors (Lipinski definition) is 1. The van der Waals surface area contributed by atoms with Crippen LogP contribution < -0.4 is 0 Å². The molecule has 3 rings (SSSR count). The Morgan fingerprint density at radius 2 is 1.80 bits per heavy atom. The zero-order valence-corrected chi connectivity index (χ0v) is 19.0. The van der Waals surface area contributed by atoms with Crippen molar-refractivity contribution in [2.75, 3.05) is 6.54 Å². The standard InChI is InChI=1S/C25H31NO3S/c1-4-24(2,3)21(27)22(28)26-16-8-15-25(26,23(29)30)14-7-9-18-12-13-19-10-5-6-11-20(19)17-18/h5-6,10-13,17H,4,7-9,14-16H2,1-3H3,(H,29,30). The first-order chi connectivity index (χ1) is 14.2. The average Bonchev–Trinajstić information content (AvgIpc) is 3.17. The summed E-state index contributed by atoms with van der Waals surface area (Å²) in [5, 5.41) is 2.09. The lowest BCUT2D eigenvalue weighted by Gasteiger charge is -2.37. The molecule has 1 saturated heterocycles. The summed E-state index contributed by atoms with van der Waals surface area (Å²) in [6.07, 6.45) is 3.94. The van der Waals surface area contributed by atoms with E-state index in [1.165, 1.54) is 21.2 Å². The highest BCUT2D eigenvalue weighted by atomic mass is 32.1. The Bertz CT molecular complexity index is 968. The van der Waals surface area contributed by atoms with E-state index in [0.29, 0.717) is 32.2 Å². The molecular weight excluding hydrogens is 394 g/mol. The Morgan fingerprint density at radius 3 is 2.47 bits per heavy atom. The predicted octanol–water partition coefficient (Wildman–Crippen LogP) is 4.99. The zero-order valence-electron chi connectivity index (χ0n) is 18.1. The van der Waals surface area contributed by atoms with E-state index in [4.69, 9.17) is 0 Å². The SMILES string of the molecule is CCC(C)(C)C(=O)C(=O)N1CCCC1(CCCc1ccc2ccccc2c1)C(=O)S. The van der Waals surface area contributed by atoms with E-state index in [1.54, 1.807) is 13.8 Å². The third-order valence-corrected chi connectivity index (χ3v) is 7.11. The number of thiol groups is 1. The molecule has 0 saturated carbocycles. The van der Waals surface area contributed by atoms with E-state index in [9.17, 15) is 14.4 Å². The van der Waals surface area contributed by atoms with Crippen LogP contribution >= 0.6 is 12.6 Å². The molecule has 0 bridgehead atoms. The fourth-order valence-corrected chi connectivity index (χ4v) is 4.66. The molecule has 1 fully saturated rings. The first-order valence-electron chi connectivity index (χ1n) is 10.8. The highest BCUT2D eigenvalue weighted by Crippen LogP contribution is 2.37. The number of benzene rings is 2. The van der Waals surface area contributed by atoms with Crippen LogP contribution in [0, 0.1) is 5.41 Å². The van der Waals surface area contributed by atoms with Gasteiger partial charge in [0, 0.05) is 12.0 Å². The smallest absolute Gasteiger partial charge is 0.291 e. The maximum Gasteiger partial charge on any atom is 0.291 e. The van der Waals surface area contributed by atoms with E-state index >= 15 is 0 Å². The number of rotatable bonds is 8. The van der Waals surface area contributed by atoms with Gasteiger partial charge in [-0.25, -0.2) is 0 Å². The fraction of sp³-hybridized carbons (Fsp3) is 0.480. The van der Waals surface area contributed by atoms with Crippen molar-refractivity contribution in [1.82, 2.24) is 4.90 Å². The summed E-state index contributed by atoms with van der Waals surface area (Å²) in [7, 11) is 0. The number of aryl methyl sites for hydroxylation is 1. The van der Waals surface area contributed by atoms with E-state index in [2.05, 4.69) is 43.0 Å². The van der Waals surface area contributed by atoms with Gasteiger partial charge in [-0.05, 0) is 54.9 Å². The average molecular weight is 426 g/mol. The molecule has 4 nitrogen and oxygen atoms in total. The topological polar surface area (TPSA) is 54.5 Å². The van der Waals surface area contributed by atoms with Gasteiger partial charge in [0.2, 0.25) is 10.9 Å². The Kier molecular flexibility index (Phi) is 6.71. The third-order valence-electron chi connectivity index (χ3n) is 6.69. The van der Waals surface area contributed by atoms with Crippen LogP contribution in [0.2, 0.25) is 0 Å². The van der Waals surface area contributed by atoms with Gasteiger partial charge in [0.15, 0.2) is 0 Å². The van der Waals surface area contributed by atoms with Crippen molar-refractivity contribution in [3.05, 3.63) is 48.0 Å². The van der Waals surface area contributed by atoms with Crippen molar-refractivity contribution in [3.8, 4) is 0 Å². The Morgan fingerprint density at radius 1 is 1.10 bits per heavy atom. The number of carbonyl (C=O) groups is 3. The zero-order chi connectivity index (χ0) is 21.9. The maximum absolute atomic E-state index is 13.0. The van der Waals surface area contributed by atoms with Crippen LogP contribution in [0.4, 0.5) is 0 Å². The van der Waals surface area contributed by atoms with Crippen molar-refractivity contribution in [2.24, 2.45) is 5.41 Å². The van der Waals surface area contributed by atoms with E-state index < -0.39 is 22.6 Å². The third kappa shape index (κ3) is 4.31. The summed E-state index contributed by atoms with van der Waals surface area (Å²) in [5.41, 5.74) is -0.498. The molecule has 0 aromatic heterocycles. The number of hydrogen-bond acceptors (Lipinski definition) is 3. The molecule has 1 aliphatic heterocycles. The molecule has 0 spiro atoms. The largest absolute Gasteiger partial charge is 0.322 e. The molecule has 2 aromatic carbocycles. The molecule has 0 aliphatic carbocycles. The molecule has 0 N–H and O–H groups in total. The van der Waals surface area contributed by atoms with Crippen molar-refractivity contribution >= 4 is 40.2 Å². The summed E-state index contributed by atoms with van der Waals surface area (Å²) in [6, 6.07) is 14.6. The van der Waals surface area contributed by atoms with Gasteiger partial charge < -0.3 is 4.90 Å². The minimum absolute atomic E-state index is 0.311. The summed E-state index contributed by atoms with van der Waals surface area (Å²) >= 11 is 4.16. The normalized spacial score (nSPS) is 19.3. The molecule has 160 valence electrons. The van der Waals surface area contributed by atoms with Crippen LogP contribution in [-0.4, -0.2) is 33.8 Å². The Labute approximate surface area is 184 Å². The number of amides is 1. The molecule has 5 heteroatoms. The van der Waals surface area contributed by atoms with Crippen LogP contribution in [0.5, 0.6) is 0 Å². The monoisotopic (exact) mass is 425 g/mol. The van der Waals surface area contributed by atoms with Crippen LogP contribution in [0.1, 0.15) is 58.4 Å². The lowest BCUT2D eigenvalue weighted by molar-refractivity contribution is -0.153. The quantitative estimate of drug-likeness (QED) is 0.479. The van der Waals surface area contributed by atoms with Crippen LogP contribution in [-0.2, 0) is 20.8 Å². The van der Waals surface area contributed by atoms with Gasteiger partial charge in [0.05, 0.1) is 0 Å². The van der Waals surface area contributed by atoms with Gasteiger partial charge in [0.1, 0.15) is 5.54 Å². The summed E-state index contributed by atoms with van der Waals surface area (Å²) in [6.45, 7) is 5.91. The Hall–Kier alpha value is -2.14. The minimum atomic E-state index is -0.976. The van der Waals surface area contributed by atoms with Crippen molar-refractivity contribution in [2.45, 2.75) is 64.8 Å². The van der Waals surface area contributed by atoms with Crippen molar-refractivity contribution < 1.29 is 14.4 Å². The number of Topliss-reactive ketones (excluding diaryl/α,β-unsaturated/α-hetero) is 1. The maximum atomic E-state index is 13.0. The van der Waals surface area contributed by atoms with Crippen LogP contribution in [0.25, 0.3) is 10.8 Å². The van der Waals surface area contributed by atoms with Crippen molar-refractivity contribution in [1.29, 1.82) is 0 Å². The number of carbonyl (C=O) groups excluding carboxylic acids is 3. The van der Waals surface area contributed by atoms with E-state index in [-0.39, 0.29) is 5.12 Å². The van der Waals surface area contributed by atoms with Gasteiger partial charge >= 0.3 is 0 Å². The number of likely N-dealkylation sites (tertiary alicyclic amines) is 1. The van der Waals surface area contributed by atoms with Crippen LogP contribution in [0.3, 0.4) is 0 Å². The number of ketones is 1. The second-order valence-corrected chi connectivity index (χ2v) is 9.40. The van der Waals surface area contributed by atoms with E-state index in [0.717, 1.165) is 12.8 Å². The molecule has 1 unspecified atom stereocenters. The van der Waals surface area contributed by atoms with Gasteiger partial charge in [-0.15, -0.1) is 12.6 Å². The minimum Gasteiger partial charge on any atom is -0.322 e. The summed E-state index contributed by atoms with van der Waals surface area (Å²) < 4.78 is 0. The second kappa shape index (κ2) is 8.93. The van der Waals surface area contributed by atoms with Gasteiger partial charge in [-0.2, -0.15) is 0 Å². The summed E-state index contributed by atoms with van der Waals surface area (Å²) in [5.74, 6) is -0.951. The first-order valence-corrected chi connectivity index (χ1v) is 11.2. The van der Waals surface area contributed by atoms with Gasteiger partial charge in [0.25, 0.3) is 5.91 Å². The first kappa shape index (κ1) is 22.5. The number of fused-ring (bicyclic) bond motifs is 1. The highest BCUT2D eigenvalue weighted by Gasteiger charge is 2.50. The molecular formula is C25H31NO3S. The molecule has 1 amide bonds. The molecule has 2 aromatic rings. The van der Waals surface area contributed by atoms with Crippen LogP contribution in [0.15, 0.2) is 42.5 Å². The molecule has 1 aliphatic rings.